The molecule has 0 aliphatic carbocycles. The molecule has 2 nitrogen and oxygen atoms in total. The van der Waals surface area contributed by atoms with Crippen LogP contribution in [0, 0.1) is 33.1 Å². The summed E-state index contributed by atoms with van der Waals surface area (Å²) in [5, 5.41) is 3.82. The fraction of sp³-hybridized carbons (Fsp3) is 0.345. The summed E-state index contributed by atoms with van der Waals surface area (Å²) in [5.74, 6) is 0. The molecule has 0 amide bonds. The van der Waals surface area contributed by atoms with Crippen LogP contribution in [0.2, 0.25) is 0 Å². The topological polar surface area (TPSA) is 17.0 Å². The van der Waals surface area contributed by atoms with Crippen LogP contribution in [0.3, 0.4) is 0 Å². The molecule has 5 aromatic rings. The van der Waals surface area contributed by atoms with Gasteiger partial charge in [0.05, 0.1) is 15.6 Å². The summed E-state index contributed by atoms with van der Waals surface area (Å²) in [6.07, 6.45) is 3.28. The molecule has 6 rings (SSSR count). The molecular weight excluding hydrogens is 442 g/mol. The number of aryl methyl sites for hydroxylation is 4. The van der Waals surface area contributed by atoms with Crippen LogP contribution >= 0.6 is 23.1 Å². The Bertz CT molecular complexity index is 1640. The van der Waals surface area contributed by atoms with Gasteiger partial charge in [-0.25, -0.2) is 4.57 Å². The van der Waals surface area contributed by atoms with Gasteiger partial charge in [0.1, 0.15) is 18.2 Å². The van der Waals surface area contributed by atoms with Crippen molar-refractivity contribution in [2.75, 3.05) is 0 Å². The number of rotatable bonds is 1. The molecule has 0 spiro atoms. The lowest BCUT2D eigenvalue weighted by Gasteiger charge is -2.22. The number of aromatic nitrogens is 1. The van der Waals surface area contributed by atoms with Crippen LogP contribution in [0.4, 0.5) is 0 Å². The van der Waals surface area contributed by atoms with Crippen molar-refractivity contribution in [1.82, 2.24) is 0 Å². The van der Waals surface area contributed by atoms with Gasteiger partial charge in [0.25, 0.3) is 0 Å². The highest BCUT2D eigenvalue weighted by molar-refractivity contribution is 7.99. The maximum Gasteiger partial charge on any atom is 0.222 e. The van der Waals surface area contributed by atoms with E-state index < -0.39 is 0 Å². The Morgan fingerprint density at radius 2 is 1.70 bits per heavy atom. The minimum absolute atomic E-state index is 0.262. The lowest BCUT2D eigenvalue weighted by molar-refractivity contribution is -0.659. The first-order chi connectivity index (χ1) is 15.5. The molecule has 0 saturated heterocycles. The van der Waals surface area contributed by atoms with Gasteiger partial charge in [-0.15, -0.1) is 11.3 Å². The first kappa shape index (κ1) is 21.2. The van der Waals surface area contributed by atoms with Crippen LogP contribution in [-0.4, -0.2) is 0 Å². The molecule has 0 radical (unpaired) electrons. The van der Waals surface area contributed by atoms with E-state index in [-0.39, 0.29) is 5.41 Å². The first-order valence-electron chi connectivity index (χ1n) is 11.6. The fourth-order valence-electron chi connectivity index (χ4n) is 5.35. The smallest absolute Gasteiger partial charge is 0.222 e. The second kappa shape index (κ2) is 6.86. The van der Waals surface area contributed by atoms with Gasteiger partial charge < -0.3 is 4.42 Å². The molecule has 33 heavy (non-hydrogen) atoms. The van der Waals surface area contributed by atoms with Crippen LogP contribution in [0.5, 0.6) is 0 Å². The molecule has 1 aliphatic heterocycles. The molecule has 0 bridgehead atoms. The van der Waals surface area contributed by atoms with Crippen molar-refractivity contribution in [3.63, 3.8) is 0 Å². The van der Waals surface area contributed by atoms with Crippen molar-refractivity contribution in [3.05, 3.63) is 51.5 Å². The molecule has 1 aliphatic rings. The molecular formula is C29H30NOS2+. The highest BCUT2D eigenvalue weighted by atomic mass is 32.2. The number of hydrogen-bond donors (Lipinski definition) is 0. The van der Waals surface area contributed by atoms with Crippen molar-refractivity contribution in [2.24, 2.45) is 12.5 Å². The maximum atomic E-state index is 6.67. The van der Waals surface area contributed by atoms with Gasteiger partial charge in [-0.1, -0.05) is 38.6 Å². The summed E-state index contributed by atoms with van der Waals surface area (Å²) < 4.78 is 10.3. The van der Waals surface area contributed by atoms with Crippen LogP contribution in [0.25, 0.3) is 43.3 Å². The molecule has 0 atom stereocenters. The van der Waals surface area contributed by atoms with Gasteiger partial charge >= 0.3 is 0 Å². The van der Waals surface area contributed by atoms with Gasteiger partial charge in [-0.2, -0.15) is 0 Å². The second-order valence-electron chi connectivity index (χ2n) is 10.9. The average molecular weight is 473 g/mol. The number of pyridine rings is 1. The molecule has 0 N–H and O–H groups in total. The number of thiophene rings is 1. The Morgan fingerprint density at radius 1 is 0.939 bits per heavy atom. The van der Waals surface area contributed by atoms with Crippen molar-refractivity contribution >= 4 is 55.1 Å². The van der Waals surface area contributed by atoms with Gasteiger partial charge in [-0.3, -0.25) is 0 Å². The van der Waals surface area contributed by atoms with E-state index in [2.05, 4.69) is 84.5 Å². The molecule has 2 aromatic carbocycles. The van der Waals surface area contributed by atoms with E-state index in [0.717, 1.165) is 17.6 Å². The zero-order valence-corrected chi connectivity index (χ0v) is 22.3. The summed E-state index contributed by atoms with van der Waals surface area (Å²) in [6, 6.07) is 6.97. The SMILES string of the molecule is Cc1cc(C)c2c(c1C)-c1c3c(cc4c(oc5c(C)c(CC(C)(C)C)sc54)c3cc[n+]1C)S2. The third-order valence-electron chi connectivity index (χ3n) is 7.10. The summed E-state index contributed by atoms with van der Waals surface area (Å²) in [4.78, 5) is 4.18. The highest BCUT2D eigenvalue weighted by Gasteiger charge is 2.32. The Kier molecular flexibility index (Phi) is 4.42. The monoisotopic (exact) mass is 472 g/mol. The number of benzene rings is 2. The minimum atomic E-state index is 0.262. The standard InChI is InChI=1S/C29H30NOS2/c1-14-11-15(2)27-22(16(14)3)24-23-18(9-10-30(24)8)26-19(12-20(23)32-27)28-25(31-26)17(4)21(33-28)13-29(5,6)7/h9-12H,13H2,1-8H3/q+1. The van der Waals surface area contributed by atoms with Crippen molar-refractivity contribution in [2.45, 2.75) is 64.7 Å². The van der Waals surface area contributed by atoms with E-state index in [1.165, 1.54) is 69.0 Å². The quantitative estimate of drug-likeness (QED) is 0.223. The maximum absolute atomic E-state index is 6.67. The predicted octanol–water partition coefficient (Wildman–Crippen LogP) is 8.58. The van der Waals surface area contributed by atoms with E-state index in [1.54, 1.807) is 0 Å². The highest BCUT2D eigenvalue weighted by Crippen LogP contribution is 2.53. The Hall–Kier alpha value is -2.30. The Labute approximate surface area is 203 Å². The van der Waals surface area contributed by atoms with Gasteiger partial charge in [-0.05, 0) is 62.3 Å². The van der Waals surface area contributed by atoms with Crippen molar-refractivity contribution in [1.29, 1.82) is 0 Å². The first-order valence-corrected chi connectivity index (χ1v) is 13.3. The molecule has 4 heterocycles. The summed E-state index contributed by atoms with van der Waals surface area (Å²) >= 11 is 3.86. The fourth-order valence-corrected chi connectivity index (χ4v) is 8.17. The zero-order valence-electron chi connectivity index (χ0n) is 20.7. The minimum Gasteiger partial charge on any atom is -0.454 e. The van der Waals surface area contributed by atoms with Crippen LogP contribution in [-0.2, 0) is 13.5 Å². The second-order valence-corrected chi connectivity index (χ2v) is 13.1. The van der Waals surface area contributed by atoms with E-state index in [9.17, 15) is 0 Å². The van der Waals surface area contributed by atoms with Gasteiger partial charge in [0.2, 0.25) is 5.69 Å². The number of nitrogens with zero attached hydrogens (tertiary/aromatic N) is 1. The Balaban J connectivity index is 1.72. The van der Waals surface area contributed by atoms with Gasteiger partial charge in [0.15, 0.2) is 6.20 Å². The van der Waals surface area contributed by atoms with Crippen LogP contribution in [0.1, 0.15) is 47.9 Å². The largest absolute Gasteiger partial charge is 0.454 e. The average Bonchev–Trinajstić information content (AvgIpc) is 3.23. The summed E-state index contributed by atoms with van der Waals surface area (Å²) in [6.45, 7) is 15.9. The molecule has 0 saturated carbocycles. The number of furan rings is 1. The number of fused-ring (bicyclic) bond motifs is 6. The predicted molar refractivity (Wildman–Crippen MR) is 142 cm³/mol. The van der Waals surface area contributed by atoms with E-state index in [0.29, 0.717) is 0 Å². The number of hydrogen-bond acceptors (Lipinski definition) is 3. The van der Waals surface area contributed by atoms with E-state index in [1.807, 2.05) is 23.1 Å². The van der Waals surface area contributed by atoms with Gasteiger partial charge in [0, 0.05) is 37.1 Å². The van der Waals surface area contributed by atoms with Crippen molar-refractivity contribution in [3.8, 4) is 11.3 Å². The molecule has 0 unspecified atom stereocenters. The zero-order chi connectivity index (χ0) is 23.4. The lowest BCUT2D eigenvalue weighted by Crippen LogP contribution is -2.32. The summed E-state index contributed by atoms with van der Waals surface area (Å²) in [5.41, 5.74) is 10.5. The Morgan fingerprint density at radius 3 is 2.42 bits per heavy atom. The van der Waals surface area contributed by atoms with Crippen molar-refractivity contribution < 1.29 is 8.98 Å². The molecule has 0 fully saturated rings. The lowest BCUT2D eigenvalue weighted by atomic mass is 9.90. The summed E-state index contributed by atoms with van der Waals surface area (Å²) in [7, 11) is 2.17. The molecule has 3 aromatic heterocycles. The third-order valence-corrected chi connectivity index (χ3v) is 9.68. The molecule has 4 heteroatoms. The van der Waals surface area contributed by atoms with Crippen LogP contribution < -0.4 is 4.57 Å². The van der Waals surface area contributed by atoms with Crippen LogP contribution in [0.15, 0.2) is 38.6 Å². The van der Waals surface area contributed by atoms with E-state index >= 15 is 0 Å². The third kappa shape index (κ3) is 2.96. The normalized spacial score (nSPS) is 13.5. The van der Waals surface area contributed by atoms with E-state index in [4.69, 9.17) is 4.42 Å². The molecule has 168 valence electrons.